The Balaban J connectivity index is 2.00. The smallest absolute Gasteiger partial charge is 0.406 e. The molecule has 1 aromatic carbocycles. The van der Waals surface area contributed by atoms with E-state index in [4.69, 9.17) is 5.73 Å². The summed E-state index contributed by atoms with van der Waals surface area (Å²) in [4.78, 5) is 2.18. The first kappa shape index (κ1) is 16.1. The van der Waals surface area contributed by atoms with Crippen molar-refractivity contribution >= 4 is 0 Å². The molecule has 1 aromatic rings. The average Bonchev–Trinajstić information content (AvgIpc) is 2.35. The fourth-order valence-corrected chi connectivity index (χ4v) is 2.67. The maximum Gasteiger partial charge on any atom is 0.573 e. The van der Waals surface area contributed by atoms with E-state index >= 15 is 0 Å². The van der Waals surface area contributed by atoms with Crippen molar-refractivity contribution in [3.8, 4) is 5.75 Å². The molecule has 0 amide bonds. The molecule has 1 unspecified atom stereocenters. The van der Waals surface area contributed by atoms with Gasteiger partial charge < -0.3 is 10.5 Å². The predicted molar refractivity (Wildman–Crippen MR) is 74.9 cm³/mol. The minimum Gasteiger partial charge on any atom is -0.406 e. The Morgan fingerprint density at radius 1 is 1.29 bits per heavy atom. The number of hydrogen-bond donors (Lipinski definition) is 1. The molecule has 0 bridgehead atoms. The highest BCUT2D eigenvalue weighted by Crippen LogP contribution is 2.30. The molecule has 118 valence electrons. The van der Waals surface area contributed by atoms with E-state index in [1.165, 1.54) is 31.4 Å². The number of rotatable bonds is 6. The third-order valence-electron chi connectivity index (χ3n) is 4.02. The third kappa shape index (κ3) is 4.61. The van der Waals surface area contributed by atoms with Gasteiger partial charge in [0, 0.05) is 19.1 Å². The monoisotopic (exact) mass is 302 g/mol. The Morgan fingerprint density at radius 2 is 1.90 bits per heavy atom. The molecule has 0 saturated heterocycles. The molecule has 21 heavy (non-hydrogen) atoms. The number of nitrogens with two attached hydrogens (primary N) is 1. The van der Waals surface area contributed by atoms with Crippen LogP contribution in [0.3, 0.4) is 0 Å². The van der Waals surface area contributed by atoms with Crippen molar-refractivity contribution in [3.63, 3.8) is 0 Å². The van der Waals surface area contributed by atoms with Crippen LogP contribution in [-0.4, -0.2) is 31.4 Å². The van der Waals surface area contributed by atoms with Crippen LogP contribution in [0, 0.1) is 5.92 Å². The maximum absolute atomic E-state index is 12.1. The van der Waals surface area contributed by atoms with E-state index in [0.29, 0.717) is 6.54 Å². The van der Waals surface area contributed by atoms with Gasteiger partial charge in [-0.3, -0.25) is 4.90 Å². The summed E-state index contributed by atoms with van der Waals surface area (Å²) >= 11 is 0. The van der Waals surface area contributed by atoms with Crippen LogP contribution < -0.4 is 10.5 Å². The molecule has 1 aliphatic carbocycles. The second-order valence-corrected chi connectivity index (χ2v) is 5.60. The standard InChI is InChI=1S/C15H21F3N2O/c1-20(10-11-3-2-4-11)14(9-19)12-5-7-13(8-6-12)21-15(16,17)18/h5-8,11,14H,2-4,9-10,19H2,1H3. The Labute approximate surface area is 122 Å². The molecular formula is C15H21F3N2O. The van der Waals surface area contributed by atoms with Gasteiger partial charge in [-0.1, -0.05) is 18.6 Å². The van der Waals surface area contributed by atoms with Gasteiger partial charge in [0.2, 0.25) is 0 Å². The molecular weight excluding hydrogens is 281 g/mol. The second kappa shape index (κ2) is 6.66. The van der Waals surface area contributed by atoms with Crippen LogP contribution >= 0.6 is 0 Å². The van der Waals surface area contributed by atoms with Crippen LogP contribution in [0.5, 0.6) is 5.75 Å². The Kier molecular flexibility index (Phi) is 5.11. The van der Waals surface area contributed by atoms with Crippen LogP contribution in [0.4, 0.5) is 13.2 Å². The Bertz CT molecular complexity index is 443. The number of benzene rings is 1. The minimum absolute atomic E-state index is 0.0190. The van der Waals surface area contributed by atoms with Crippen molar-refractivity contribution in [2.75, 3.05) is 20.1 Å². The molecule has 0 radical (unpaired) electrons. The SMILES string of the molecule is CN(CC1CCC1)C(CN)c1ccc(OC(F)(F)F)cc1. The van der Waals surface area contributed by atoms with Crippen molar-refractivity contribution in [2.24, 2.45) is 11.7 Å². The van der Waals surface area contributed by atoms with E-state index in [1.807, 2.05) is 7.05 Å². The average molecular weight is 302 g/mol. The van der Waals surface area contributed by atoms with Crippen molar-refractivity contribution < 1.29 is 17.9 Å². The lowest BCUT2D eigenvalue weighted by Crippen LogP contribution is -2.36. The lowest BCUT2D eigenvalue weighted by atomic mass is 9.85. The summed E-state index contributed by atoms with van der Waals surface area (Å²) in [6, 6.07) is 5.99. The molecule has 0 aromatic heterocycles. The third-order valence-corrected chi connectivity index (χ3v) is 4.02. The number of ether oxygens (including phenoxy) is 1. The van der Waals surface area contributed by atoms with E-state index in [0.717, 1.165) is 18.0 Å². The molecule has 2 rings (SSSR count). The Hall–Kier alpha value is -1.27. The summed E-state index contributed by atoms with van der Waals surface area (Å²) in [5, 5.41) is 0. The largest absolute Gasteiger partial charge is 0.573 e. The van der Waals surface area contributed by atoms with Gasteiger partial charge in [0.05, 0.1) is 0 Å². The topological polar surface area (TPSA) is 38.5 Å². The molecule has 1 atom stereocenters. The summed E-state index contributed by atoms with van der Waals surface area (Å²) < 4.78 is 40.3. The van der Waals surface area contributed by atoms with Crippen molar-refractivity contribution in [1.29, 1.82) is 0 Å². The Morgan fingerprint density at radius 3 is 2.33 bits per heavy atom. The summed E-state index contributed by atoms with van der Waals surface area (Å²) in [5.41, 5.74) is 6.74. The number of alkyl halides is 3. The normalized spacial score (nSPS) is 17.6. The van der Waals surface area contributed by atoms with Crippen LogP contribution in [0.1, 0.15) is 30.9 Å². The number of halogens is 3. The van der Waals surface area contributed by atoms with E-state index in [2.05, 4.69) is 9.64 Å². The molecule has 1 aliphatic rings. The number of hydrogen-bond acceptors (Lipinski definition) is 3. The highest BCUT2D eigenvalue weighted by Gasteiger charge is 2.31. The van der Waals surface area contributed by atoms with Gasteiger partial charge in [0.15, 0.2) is 0 Å². The van der Waals surface area contributed by atoms with Crippen LogP contribution in [0.15, 0.2) is 24.3 Å². The molecule has 1 saturated carbocycles. The molecule has 2 N–H and O–H groups in total. The molecule has 0 aliphatic heterocycles. The van der Waals surface area contributed by atoms with Gasteiger partial charge >= 0.3 is 6.36 Å². The van der Waals surface area contributed by atoms with Gasteiger partial charge in [-0.2, -0.15) is 0 Å². The zero-order valence-corrected chi connectivity index (χ0v) is 12.1. The lowest BCUT2D eigenvalue weighted by Gasteiger charge is -2.34. The van der Waals surface area contributed by atoms with E-state index in [-0.39, 0.29) is 11.8 Å². The number of likely N-dealkylation sites (N-methyl/N-ethyl adjacent to an activating group) is 1. The van der Waals surface area contributed by atoms with E-state index in [9.17, 15) is 13.2 Å². The van der Waals surface area contributed by atoms with Crippen molar-refractivity contribution in [2.45, 2.75) is 31.7 Å². The highest BCUT2D eigenvalue weighted by molar-refractivity contribution is 5.29. The summed E-state index contributed by atoms with van der Waals surface area (Å²) in [6.45, 7) is 1.41. The summed E-state index contributed by atoms with van der Waals surface area (Å²) in [7, 11) is 2.01. The maximum atomic E-state index is 12.1. The zero-order valence-electron chi connectivity index (χ0n) is 12.1. The second-order valence-electron chi connectivity index (χ2n) is 5.60. The molecule has 6 heteroatoms. The van der Waals surface area contributed by atoms with Crippen molar-refractivity contribution in [1.82, 2.24) is 4.90 Å². The van der Waals surface area contributed by atoms with E-state index < -0.39 is 6.36 Å². The fourth-order valence-electron chi connectivity index (χ4n) is 2.67. The van der Waals surface area contributed by atoms with Crippen LogP contribution in [-0.2, 0) is 0 Å². The number of nitrogens with zero attached hydrogens (tertiary/aromatic N) is 1. The molecule has 3 nitrogen and oxygen atoms in total. The summed E-state index contributed by atoms with van der Waals surface area (Å²) in [5.74, 6) is 0.514. The fraction of sp³-hybridized carbons (Fsp3) is 0.600. The molecule has 0 heterocycles. The lowest BCUT2D eigenvalue weighted by molar-refractivity contribution is -0.274. The van der Waals surface area contributed by atoms with Gasteiger partial charge in [0.25, 0.3) is 0 Å². The van der Waals surface area contributed by atoms with Crippen LogP contribution in [0.25, 0.3) is 0 Å². The quantitative estimate of drug-likeness (QED) is 0.876. The first-order chi connectivity index (χ1) is 9.89. The zero-order chi connectivity index (χ0) is 15.5. The van der Waals surface area contributed by atoms with Gasteiger partial charge in [-0.05, 0) is 43.5 Å². The first-order valence-electron chi connectivity index (χ1n) is 7.15. The van der Waals surface area contributed by atoms with E-state index in [1.54, 1.807) is 12.1 Å². The summed E-state index contributed by atoms with van der Waals surface area (Å²) in [6.07, 6.45) is -0.870. The predicted octanol–water partition coefficient (Wildman–Crippen LogP) is 3.32. The van der Waals surface area contributed by atoms with Gasteiger partial charge in [-0.15, -0.1) is 13.2 Å². The van der Waals surface area contributed by atoms with Crippen molar-refractivity contribution in [3.05, 3.63) is 29.8 Å². The van der Waals surface area contributed by atoms with Gasteiger partial charge in [-0.25, -0.2) is 0 Å². The van der Waals surface area contributed by atoms with Crippen LogP contribution in [0.2, 0.25) is 0 Å². The highest BCUT2D eigenvalue weighted by atomic mass is 19.4. The first-order valence-corrected chi connectivity index (χ1v) is 7.15. The molecule has 1 fully saturated rings. The minimum atomic E-state index is -4.66. The molecule has 0 spiro atoms. The van der Waals surface area contributed by atoms with Gasteiger partial charge in [0.1, 0.15) is 5.75 Å².